The van der Waals surface area contributed by atoms with E-state index < -0.39 is 0 Å². The summed E-state index contributed by atoms with van der Waals surface area (Å²) in [5.74, 6) is 0.264. The molecule has 0 aliphatic carbocycles. The van der Waals surface area contributed by atoms with Gasteiger partial charge in [-0.05, 0) is 42.7 Å². The Morgan fingerprint density at radius 1 is 1.26 bits per heavy atom. The molecule has 23 heavy (non-hydrogen) atoms. The fraction of sp³-hybridized carbons (Fsp3) is 0.278. The Morgan fingerprint density at radius 2 is 2.04 bits per heavy atom. The van der Waals surface area contributed by atoms with Crippen LogP contribution in [-0.2, 0) is 11.2 Å². The van der Waals surface area contributed by atoms with E-state index >= 15 is 0 Å². The molecule has 0 fully saturated rings. The van der Waals surface area contributed by atoms with Crippen LogP contribution in [0.5, 0.6) is 5.75 Å². The van der Waals surface area contributed by atoms with E-state index in [9.17, 15) is 9.18 Å². The van der Waals surface area contributed by atoms with E-state index in [4.69, 9.17) is 16.3 Å². The van der Waals surface area contributed by atoms with Crippen LogP contribution in [0.25, 0.3) is 0 Å². The van der Waals surface area contributed by atoms with Crippen molar-refractivity contribution in [2.24, 2.45) is 0 Å². The third-order valence-electron chi connectivity index (χ3n) is 3.42. The highest BCUT2D eigenvalue weighted by Crippen LogP contribution is 2.21. The maximum absolute atomic E-state index is 13.4. The Kier molecular flexibility index (Phi) is 6.41. The minimum absolute atomic E-state index is 0.126. The van der Waals surface area contributed by atoms with Crippen molar-refractivity contribution in [1.82, 2.24) is 5.32 Å². The number of ether oxygens (including phenoxy) is 1. The highest BCUT2D eigenvalue weighted by molar-refractivity contribution is 6.31. The highest BCUT2D eigenvalue weighted by atomic mass is 35.5. The molecule has 3 nitrogen and oxygen atoms in total. The van der Waals surface area contributed by atoms with Crippen LogP contribution < -0.4 is 10.1 Å². The highest BCUT2D eigenvalue weighted by Gasteiger charge is 2.05. The van der Waals surface area contributed by atoms with Gasteiger partial charge in [0, 0.05) is 11.4 Å². The fourth-order valence-corrected chi connectivity index (χ4v) is 2.23. The first-order valence-corrected chi connectivity index (χ1v) is 7.83. The van der Waals surface area contributed by atoms with Crippen molar-refractivity contribution >= 4 is 17.5 Å². The van der Waals surface area contributed by atoms with Gasteiger partial charge < -0.3 is 10.1 Å². The van der Waals surface area contributed by atoms with Crippen LogP contribution in [0.4, 0.5) is 4.39 Å². The van der Waals surface area contributed by atoms with E-state index in [0.29, 0.717) is 35.9 Å². The molecule has 0 heterocycles. The first-order chi connectivity index (χ1) is 11.1. The summed E-state index contributed by atoms with van der Waals surface area (Å²) in [4.78, 5) is 11.7. The van der Waals surface area contributed by atoms with Crippen molar-refractivity contribution in [1.29, 1.82) is 0 Å². The molecule has 1 N–H and O–H groups in total. The average Bonchev–Trinajstić information content (AvgIpc) is 2.54. The number of carbonyl (C=O) groups is 1. The number of benzene rings is 2. The Labute approximate surface area is 140 Å². The molecule has 0 saturated carbocycles. The molecule has 0 aliphatic heterocycles. The third kappa shape index (κ3) is 5.57. The molecule has 0 atom stereocenters. The van der Waals surface area contributed by atoms with Gasteiger partial charge in [-0.25, -0.2) is 4.39 Å². The predicted molar refractivity (Wildman–Crippen MR) is 89.4 cm³/mol. The SMILES string of the molecule is Cc1ccc(OCCNC(=O)CCc2ccccc2F)cc1Cl. The zero-order valence-corrected chi connectivity index (χ0v) is 13.7. The second-order valence-corrected chi connectivity index (χ2v) is 5.61. The summed E-state index contributed by atoms with van der Waals surface area (Å²) in [7, 11) is 0. The van der Waals surface area contributed by atoms with Gasteiger partial charge in [0.25, 0.3) is 0 Å². The van der Waals surface area contributed by atoms with Crippen LogP contribution >= 0.6 is 11.6 Å². The molecule has 0 bridgehead atoms. The van der Waals surface area contributed by atoms with Gasteiger partial charge in [0.05, 0.1) is 6.54 Å². The molecule has 0 saturated heterocycles. The van der Waals surface area contributed by atoms with E-state index in [2.05, 4.69) is 5.32 Å². The fourth-order valence-electron chi connectivity index (χ4n) is 2.06. The molecule has 122 valence electrons. The molecule has 2 aromatic carbocycles. The quantitative estimate of drug-likeness (QED) is 0.779. The zero-order chi connectivity index (χ0) is 16.7. The molecule has 0 aliphatic rings. The smallest absolute Gasteiger partial charge is 0.220 e. The largest absolute Gasteiger partial charge is 0.492 e. The summed E-state index contributed by atoms with van der Waals surface area (Å²) in [6.07, 6.45) is 0.629. The van der Waals surface area contributed by atoms with Gasteiger partial charge in [0.15, 0.2) is 0 Å². The average molecular weight is 336 g/mol. The number of aryl methyl sites for hydroxylation is 2. The molecule has 2 rings (SSSR count). The molecule has 0 spiro atoms. The van der Waals surface area contributed by atoms with Crippen LogP contribution in [-0.4, -0.2) is 19.1 Å². The molecular formula is C18H19ClFNO2. The van der Waals surface area contributed by atoms with Crippen molar-refractivity contribution in [3.63, 3.8) is 0 Å². The first kappa shape index (κ1) is 17.3. The van der Waals surface area contributed by atoms with E-state index in [1.165, 1.54) is 6.07 Å². The van der Waals surface area contributed by atoms with Crippen molar-refractivity contribution in [2.75, 3.05) is 13.2 Å². The van der Waals surface area contributed by atoms with Gasteiger partial charge in [-0.15, -0.1) is 0 Å². The van der Waals surface area contributed by atoms with Gasteiger partial charge in [-0.1, -0.05) is 35.9 Å². The Bertz CT molecular complexity index is 676. The second kappa shape index (κ2) is 8.53. The summed E-state index contributed by atoms with van der Waals surface area (Å²) in [5, 5.41) is 3.40. The number of rotatable bonds is 7. The summed E-state index contributed by atoms with van der Waals surface area (Å²) in [6.45, 7) is 2.66. The molecule has 5 heteroatoms. The Hall–Kier alpha value is -2.07. The lowest BCUT2D eigenvalue weighted by Crippen LogP contribution is -2.28. The standard InChI is InChI=1S/C18H19ClFNO2/c1-13-6-8-15(12-16(13)19)23-11-10-21-18(22)9-7-14-4-2-3-5-17(14)20/h2-6,8,12H,7,9-11H2,1H3,(H,21,22). The monoisotopic (exact) mass is 335 g/mol. The number of carbonyl (C=O) groups excluding carboxylic acids is 1. The number of amides is 1. The van der Waals surface area contributed by atoms with Crippen LogP contribution in [0.3, 0.4) is 0 Å². The van der Waals surface area contributed by atoms with Gasteiger partial charge >= 0.3 is 0 Å². The Balaban J connectivity index is 1.67. The number of hydrogen-bond donors (Lipinski definition) is 1. The summed E-state index contributed by atoms with van der Waals surface area (Å²) >= 11 is 6.01. The lowest BCUT2D eigenvalue weighted by atomic mass is 10.1. The molecule has 0 radical (unpaired) electrons. The van der Waals surface area contributed by atoms with E-state index in [-0.39, 0.29) is 18.1 Å². The summed E-state index contributed by atoms with van der Waals surface area (Å²) in [5.41, 5.74) is 1.54. The third-order valence-corrected chi connectivity index (χ3v) is 3.82. The Morgan fingerprint density at radius 3 is 2.78 bits per heavy atom. The number of nitrogens with one attached hydrogen (secondary N) is 1. The minimum Gasteiger partial charge on any atom is -0.492 e. The number of halogens is 2. The summed E-state index contributed by atoms with van der Waals surface area (Å²) in [6, 6.07) is 11.9. The molecular weight excluding hydrogens is 317 g/mol. The zero-order valence-electron chi connectivity index (χ0n) is 12.9. The van der Waals surface area contributed by atoms with Crippen molar-refractivity contribution in [3.05, 3.63) is 64.4 Å². The normalized spacial score (nSPS) is 10.4. The van der Waals surface area contributed by atoms with Crippen molar-refractivity contribution in [2.45, 2.75) is 19.8 Å². The number of hydrogen-bond acceptors (Lipinski definition) is 2. The van der Waals surface area contributed by atoms with Crippen LogP contribution in [0.2, 0.25) is 5.02 Å². The van der Waals surface area contributed by atoms with Gasteiger partial charge in [0.2, 0.25) is 5.91 Å². The van der Waals surface area contributed by atoms with Crippen LogP contribution in [0.15, 0.2) is 42.5 Å². The molecule has 0 aromatic heterocycles. The van der Waals surface area contributed by atoms with Crippen molar-refractivity contribution in [3.8, 4) is 5.75 Å². The lowest BCUT2D eigenvalue weighted by molar-refractivity contribution is -0.121. The molecule has 0 unspecified atom stereocenters. The van der Waals surface area contributed by atoms with Gasteiger partial charge in [-0.2, -0.15) is 0 Å². The predicted octanol–water partition coefficient (Wildman–Crippen LogP) is 3.92. The van der Waals surface area contributed by atoms with Crippen LogP contribution in [0, 0.1) is 12.7 Å². The maximum atomic E-state index is 13.4. The summed E-state index contributed by atoms with van der Waals surface area (Å²) < 4.78 is 18.9. The maximum Gasteiger partial charge on any atom is 0.220 e. The van der Waals surface area contributed by atoms with Gasteiger partial charge in [0.1, 0.15) is 18.2 Å². The van der Waals surface area contributed by atoms with E-state index in [0.717, 1.165) is 5.56 Å². The molecule has 2 aromatic rings. The second-order valence-electron chi connectivity index (χ2n) is 5.20. The first-order valence-electron chi connectivity index (χ1n) is 7.45. The van der Waals surface area contributed by atoms with Gasteiger partial charge in [-0.3, -0.25) is 4.79 Å². The van der Waals surface area contributed by atoms with Crippen molar-refractivity contribution < 1.29 is 13.9 Å². The van der Waals surface area contributed by atoms with E-state index in [1.807, 2.05) is 19.1 Å². The topological polar surface area (TPSA) is 38.3 Å². The van der Waals surface area contributed by atoms with E-state index in [1.54, 1.807) is 24.3 Å². The van der Waals surface area contributed by atoms with Crippen LogP contribution in [0.1, 0.15) is 17.5 Å². The minimum atomic E-state index is -0.278. The molecule has 1 amide bonds. The lowest BCUT2D eigenvalue weighted by Gasteiger charge is -2.09.